The Balaban J connectivity index is 2.12. The van der Waals surface area contributed by atoms with Gasteiger partial charge in [0.1, 0.15) is 6.04 Å². The molecule has 0 N–H and O–H groups in total. The molecular weight excluding hydrogens is 266 g/mol. The highest BCUT2D eigenvalue weighted by Crippen LogP contribution is 2.12. The molecule has 0 spiro atoms. The lowest BCUT2D eigenvalue weighted by molar-refractivity contribution is -0.138. The molecule has 9 heteroatoms. The molecule has 0 aromatic carbocycles. The molecule has 1 saturated heterocycles. The Morgan fingerprint density at radius 2 is 2.10 bits per heavy atom. The van der Waals surface area contributed by atoms with Crippen LogP contribution in [-0.4, -0.2) is 69.9 Å². The van der Waals surface area contributed by atoms with Gasteiger partial charge in [0.2, 0.25) is 5.91 Å². The molecule has 1 aliphatic rings. The fourth-order valence-electron chi connectivity index (χ4n) is 1.94. The van der Waals surface area contributed by atoms with Crippen LogP contribution in [0.4, 0.5) is 0 Å². The molecule has 9 nitrogen and oxygen atoms in total. The van der Waals surface area contributed by atoms with Crippen molar-refractivity contribution in [2.45, 2.75) is 19.9 Å². The molecule has 0 radical (unpaired) electrons. The third kappa shape index (κ3) is 2.93. The van der Waals surface area contributed by atoms with Crippen molar-refractivity contribution in [2.24, 2.45) is 0 Å². The minimum absolute atomic E-state index is 0.0686. The fourth-order valence-corrected chi connectivity index (χ4v) is 1.94. The second kappa shape index (κ2) is 6.42. The highest BCUT2D eigenvalue weighted by Gasteiger charge is 2.29. The number of morpholine rings is 1. The lowest BCUT2D eigenvalue weighted by Crippen LogP contribution is -2.44. The lowest BCUT2D eigenvalue weighted by atomic mass is 10.2. The van der Waals surface area contributed by atoms with Crippen LogP contribution >= 0.6 is 0 Å². The van der Waals surface area contributed by atoms with E-state index in [1.54, 1.807) is 18.7 Å². The Kier molecular flexibility index (Phi) is 4.61. The molecule has 0 saturated carbocycles. The summed E-state index contributed by atoms with van der Waals surface area (Å²) < 4.78 is 11.2. The number of hydrogen-bond donors (Lipinski definition) is 0. The number of carbonyl (C=O) groups excluding carboxylic acids is 2. The van der Waals surface area contributed by atoms with Crippen LogP contribution < -0.4 is 0 Å². The predicted octanol–water partition coefficient (Wildman–Crippen LogP) is -0.730. The van der Waals surface area contributed by atoms with Gasteiger partial charge in [0, 0.05) is 13.1 Å². The van der Waals surface area contributed by atoms with Crippen LogP contribution in [0.15, 0.2) is 0 Å². The first-order chi connectivity index (χ1) is 9.65. The highest BCUT2D eigenvalue weighted by atomic mass is 16.5. The van der Waals surface area contributed by atoms with E-state index >= 15 is 0 Å². The molecule has 1 aromatic heterocycles. The Bertz CT molecular complexity index is 483. The van der Waals surface area contributed by atoms with Crippen molar-refractivity contribution in [3.8, 4) is 0 Å². The first kappa shape index (κ1) is 14.4. The molecule has 2 rings (SSSR count). The van der Waals surface area contributed by atoms with Gasteiger partial charge in [-0.15, -0.1) is 5.10 Å². The van der Waals surface area contributed by atoms with E-state index < -0.39 is 12.0 Å². The second-order valence-electron chi connectivity index (χ2n) is 4.28. The number of aromatic nitrogens is 4. The lowest BCUT2D eigenvalue weighted by Gasteiger charge is -2.29. The number of tetrazole rings is 1. The number of amides is 1. The Labute approximate surface area is 115 Å². The molecule has 0 aliphatic carbocycles. The summed E-state index contributed by atoms with van der Waals surface area (Å²) in [5, 5.41) is 10.8. The van der Waals surface area contributed by atoms with Crippen molar-refractivity contribution in [2.75, 3.05) is 32.9 Å². The largest absolute Gasteiger partial charge is 0.460 e. The van der Waals surface area contributed by atoms with Crippen LogP contribution in [0.1, 0.15) is 30.5 Å². The van der Waals surface area contributed by atoms with E-state index in [1.165, 1.54) is 4.68 Å². The van der Waals surface area contributed by atoms with E-state index in [0.717, 1.165) is 0 Å². The first-order valence-electron chi connectivity index (χ1n) is 6.46. The summed E-state index contributed by atoms with van der Waals surface area (Å²) in [6.07, 6.45) is 0. The van der Waals surface area contributed by atoms with E-state index in [9.17, 15) is 9.59 Å². The number of ether oxygens (including phenoxy) is 2. The zero-order valence-corrected chi connectivity index (χ0v) is 11.5. The third-order valence-corrected chi connectivity index (χ3v) is 3.00. The molecule has 2 heterocycles. The monoisotopic (exact) mass is 283 g/mol. The van der Waals surface area contributed by atoms with Crippen molar-refractivity contribution >= 4 is 11.9 Å². The maximum atomic E-state index is 12.3. The van der Waals surface area contributed by atoms with Gasteiger partial charge >= 0.3 is 5.97 Å². The van der Waals surface area contributed by atoms with Gasteiger partial charge in [0.25, 0.3) is 5.82 Å². The summed E-state index contributed by atoms with van der Waals surface area (Å²) in [5.74, 6) is -0.855. The topological polar surface area (TPSA) is 99.4 Å². The van der Waals surface area contributed by atoms with E-state index in [1.807, 2.05) is 0 Å². The number of carbonyl (C=O) groups is 2. The van der Waals surface area contributed by atoms with Gasteiger partial charge in [-0.2, -0.15) is 0 Å². The molecule has 1 aliphatic heterocycles. The number of rotatable bonds is 4. The van der Waals surface area contributed by atoms with Gasteiger partial charge in [-0.25, -0.2) is 9.48 Å². The number of hydrogen-bond acceptors (Lipinski definition) is 7. The minimum Gasteiger partial charge on any atom is -0.460 e. The molecule has 1 amide bonds. The molecular formula is C11H17N5O4. The normalized spacial score (nSPS) is 16.8. The van der Waals surface area contributed by atoms with E-state index in [0.29, 0.717) is 26.3 Å². The van der Waals surface area contributed by atoms with Gasteiger partial charge < -0.3 is 14.4 Å². The van der Waals surface area contributed by atoms with Crippen molar-refractivity contribution in [1.29, 1.82) is 0 Å². The predicted molar refractivity (Wildman–Crippen MR) is 65.9 cm³/mol. The summed E-state index contributed by atoms with van der Waals surface area (Å²) in [6, 6.07) is -0.664. The number of esters is 1. The van der Waals surface area contributed by atoms with Crippen LogP contribution in [0, 0.1) is 0 Å². The van der Waals surface area contributed by atoms with Crippen molar-refractivity contribution in [3.05, 3.63) is 5.82 Å². The van der Waals surface area contributed by atoms with Crippen molar-refractivity contribution < 1.29 is 19.1 Å². The van der Waals surface area contributed by atoms with Gasteiger partial charge in [-0.05, 0) is 24.3 Å². The highest BCUT2D eigenvalue weighted by molar-refractivity contribution is 5.87. The quantitative estimate of drug-likeness (QED) is 0.671. The average Bonchev–Trinajstić information content (AvgIpc) is 2.96. The van der Waals surface area contributed by atoms with Gasteiger partial charge in [-0.3, -0.25) is 4.79 Å². The van der Waals surface area contributed by atoms with Crippen LogP contribution in [-0.2, 0) is 14.3 Å². The van der Waals surface area contributed by atoms with Gasteiger partial charge in [0.05, 0.1) is 19.8 Å². The molecule has 1 aromatic rings. The van der Waals surface area contributed by atoms with Crippen molar-refractivity contribution in [3.63, 3.8) is 0 Å². The Morgan fingerprint density at radius 1 is 1.40 bits per heavy atom. The zero-order chi connectivity index (χ0) is 14.5. The molecule has 1 unspecified atom stereocenters. The van der Waals surface area contributed by atoms with Gasteiger partial charge in [-0.1, -0.05) is 0 Å². The van der Waals surface area contributed by atoms with Crippen LogP contribution in [0.5, 0.6) is 0 Å². The second-order valence-corrected chi connectivity index (χ2v) is 4.28. The summed E-state index contributed by atoms with van der Waals surface area (Å²) in [5.41, 5.74) is 0. The van der Waals surface area contributed by atoms with E-state index in [4.69, 9.17) is 9.47 Å². The maximum Gasteiger partial charge on any atom is 0.378 e. The van der Waals surface area contributed by atoms with E-state index in [2.05, 4.69) is 15.5 Å². The van der Waals surface area contributed by atoms with Gasteiger partial charge in [0.15, 0.2) is 0 Å². The number of nitrogens with zero attached hydrogens (tertiary/aromatic N) is 5. The maximum absolute atomic E-state index is 12.3. The van der Waals surface area contributed by atoms with E-state index in [-0.39, 0.29) is 18.3 Å². The smallest absolute Gasteiger partial charge is 0.378 e. The summed E-state index contributed by atoms with van der Waals surface area (Å²) in [6.45, 7) is 5.64. The van der Waals surface area contributed by atoms with Crippen molar-refractivity contribution in [1.82, 2.24) is 25.1 Å². The summed E-state index contributed by atoms with van der Waals surface area (Å²) in [4.78, 5) is 25.7. The standard InChI is InChI=1S/C11H17N5O4/c1-3-20-11(18)9-12-13-14-16(9)8(2)10(17)15-4-6-19-7-5-15/h8H,3-7H2,1-2H3. The fraction of sp³-hybridized carbons (Fsp3) is 0.727. The first-order valence-corrected chi connectivity index (χ1v) is 6.46. The SMILES string of the molecule is CCOC(=O)c1nnnn1C(C)C(=O)N1CCOCC1. The molecule has 1 fully saturated rings. The zero-order valence-electron chi connectivity index (χ0n) is 11.5. The van der Waals surface area contributed by atoms with Crippen LogP contribution in [0.25, 0.3) is 0 Å². The van der Waals surface area contributed by atoms with Crippen LogP contribution in [0.3, 0.4) is 0 Å². The Hall–Kier alpha value is -2.03. The third-order valence-electron chi connectivity index (χ3n) is 3.00. The molecule has 20 heavy (non-hydrogen) atoms. The summed E-state index contributed by atoms with van der Waals surface area (Å²) >= 11 is 0. The molecule has 1 atom stereocenters. The summed E-state index contributed by atoms with van der Waals surface area (Å²) in [7, 11) is 0. The Morgan fingerprint density at radius 3 is 2.75 bits per heavy atom. The minimum atomic E-state index is -0.664. The molecule has 110 valence electrons. The van der Waals surface area contributed by atoms with Crippen LogP contribution in [0.2, 0.25) is 0 Å². The molecule has 0 bridgehead atoms. The average molecular weight is 283 g/mol.